The minimum atomic E-state index is -0.694. The third-order valence-corrected chi connectivity index (χ3v) is 4.83. The lowest BCUT2D eigenvalue weighted by Crippen LogP contribution is -2.48. The smallest absolute Gasteiger partial charge is 0.241 e. The van der Waals surface area contributed by atoms with Crippen molar-refractivity contribution in [1.82, 2.24) is 25.3 Å². The Kier molecular flexibility index (Phi) is 5.92. The zero-order chi connectivity index (χ0) is 22.0. The molecule has 4 heterocycles. The average Bonchev–Trinajstić information content (AvgIpc) is 2.74. The normalized spacial score (nSPS) is 15.4. The maximum Gasteiger partial charge on any atom is 0.241 e. The Morgan fingerprint density at radius 2 is 2.00 bits per heavy atom. The second kappa shape index (κ2) is 8.78. The number of anilines is 4. The summed E-state index contributed by atoms with van der Waals surface area (Å²) in [7, 11) is 0. The van der Waals surface area contributed by atoms with Gasteiger partial charge >= 0.3 is 0 Å². The van der Waals surface area contributed by atoms with Gasteiger partial charge in [0.15, 0.2) is 5.82 Å². The highest BCUT2D eigenvalue weighted by Gasteiger charge is 2.19. The van der Waals surface area contributed by atoms with E-state index in [1.54, 1.807) is 36.4 Å². The quantitative estimate of drug-likeness (QED) is 0.471. The van der Waals surface area contributed by atoms with E-state index in [2.05, 4.69) is 35.9 Å². The molecule has 1 amide bonds. The first-order valence-corrected chi connectivity index (χ1v) is 10.3. The lowest BCUT2D eigenvalue weighted by molar-refractivity contribution is -0.118. The molecule has 31 heavy (non-hydrogen) atoms. The number of aromatic nitrogens is 4. The summed E-state index contributed by atoms with van der Waals surface area (Å²) in [4.78, 5) is 31.7. The van der Waals surface area contributed by atoms with Crippen molar-refractivity contribution in [2.24, 2.45) is 0 Å². The highest BCUT2D eigenvalue weighted by Crippen LogP contribution is 2.26. The molecular weight excluding hydrogens is 396 g/mol. The predicted molar refractivity (Wildman–Crippen MR) is 119 cm³/mol. The highest BCUT2D eigenvalue weighted by atomic mass is 16.3. The van der Waals surface area contributed by atoms with E-state index in [1.807, 2.05) is 19.9 Å². The number of nitrogens with zero attached hydrogens (tertiary/aromatic N) is 5. The molecule has 4 rings (SSSR count). The maximum atomic E-state index is 12.0. The summed E-state index contributed by atoms with van der Waals surface area (Å²) in [6.45, 7) is 7.41. The Labute approximate surface area is 180 Å². The molecule has 162 valence electrons. The zero-order valence-electron chi connectivity index (χ0n) is 17.8. The van der Waals surface area contributed by atoms with Crippen molar-refractivity contribution in [3.8, 4) is 0 Å². The second-order valence-electron chi connectivity index (χ2n) is 7.75. The minimum Gasteiger partial charge on any atom is -0.387 e. The van der Waals surface area contributed by atoms with Gasteiger partial charge in [-0.2, -0.15) is 0 Å². The standard InChI is InChI=1S/C21H26N8O2/c1-12(2)25-20-19-14(8-16(26-20)13(3)30)9-24-21(28-19)27-17-5-4-15(10-23-17)29-7-6-22-11-18(29)31/h4-5,8-10,12-13,22,30H,6-7,11H2,1-3H3,(H,25,26)(H,23,24,27,28)/t13-/m1/s1. The van der Waals surface area contributed by atoms with Gasteiger partial charge in [-0.3, -0.25) is 4.79 Å². The molecule has 4 N–H and O–H groups in total. The number of aliphatic hydroxyl groups is 1. The zero-order valence-corrected chi connectivity index (χ0v) is 17.8. The van der Waals surface area contributed by atoms with Gasteiger partial charge in [-0.25, -0.2) is 19.9 Å². The van der Waals surface area contributed by atoms with Crippen LogP contribution in [0.25, 0.3) is 10.9 Å². The van der Waals surface area contributed by atoms with E-state index in [9.17, 15) is 9.90 Å². The SMILES string of the molecule is CC(C)Nc1nc([C@@H](C)O)cc2cnc(Nc3ccc(N4CCNCC4=O)cn3)nc12. The molecule has 0 aromatic carbocycles. The molecular formula is C21H26N8O2. The average molecular weight is 422 g/mol. The van der Waals surface area contributed by atoms with Gasteiger partial charge in [-0.05, 0) is 39.0 Å². The van der Waals surface area contributed by atoms with Crippen molar-refractivity contribution >= 4 is 40.1 Å². The van der Waals surface area contributed by atoms with Crippen LogP contribution in [-0.4, -0.2) is 56.6 Å². The second-order valence-corrected chi connectivity index (χ2v) is 7.75. The molecule has 0 spiro atoms. The molecule has 3 aromatic heterocycles. The van der Waals surface area contributed by atoms with E-state index >= 15 is 0 Å². The monoisotopic (exact) mass is 422 g/mol. The van der Waals surface area contributed by atoms with Crippen LogP contribution in [0.4, 0.5) is 23.3 Å². The lowest BCUT2D eigenvalue weighted by atomic mass is 10.2. The molecule has 10 heteroatoms. The molecule has 1 fully saturated rings. The molecule has 10 nitrogen and oxygen atoms in total. The summed E-state index contributed by atoms with van der Waals surface area (Å²) < 4.78 is 0. The van der Waals surface area contributed by atoms with Gasteiger partial charge < -0.3 is 26.0 Å². The predicted octanol–water partition coefficient (Wildman–Crippen LogP) is 1.97. The highest BCUT2D eigenvalue weighted by molar-refractivity contribution is 5.95. The molecule has 1 saturated heterocycles. The summed E-state index contributed by atoms with van der Waals surface area (Å²) >= 11 is 0. The number of fused-ring (bicyclic) bond motifs is 1. The molecule has 1 aliphatic rings. The largest absolute Gasteiger partial charge is 0.387 e. The number of hydrogen-bond acceptors (Lipinski definition) is 9. The minimum absolute atomic E-state index is 0.0286. The molecule has 1 aliphatic heterocycles. The number of amides is 1. The van der Waals surface area contributed by atoms with E-state index in [-0.39, 0.29) is 11.9 Å². The summed E-state index contributed by atoms with van der Waals surface area (Å²) in [6, 6.07) is 5.57. The molecule has 3 aromatic rings. The number of rotatable bonds is 6. The van der Waals surface area contributed by atoms with Crippen molar-refractivity contribution in [3.63, 3.8) is 0 Å². The fraction of sp³-hybridized carbons (Fsp3) is 0.381. The van der Waals surface area contributed by atoms with Crippen LogP contribution in [-0.2, 0) is 4.79 Å². The van der Waals surface area contributed by atoms with Gasteiger partial charge in [0.05, 0.1) is 30.2 Å². The van der Waals surface area contributed by atoms with Crippen molar-refractivity contribution in [2.45, 2.75) is 32.9 Å². The van der Waals surface area contributed by atoms with E-state index in [0.29, 0.717) is 41.9 Å². The summed E-state index contributed by atoms with van der Waals surface area (Å²) in [5.74, 6) is 1.57. The van der Waals surface area contributed by atoms with Crippen LogP contribution in [0.3, 0.4) is 0 Å². The van der Waals surface area contributed by atoms with Crippen molar-refractivity contribution in [3.05, 3.63) is 36.3 Å². The number of piperazine rings is 1. The molecule has 0 radical (unpaired) electrons. The van der Waals surface area contributed by atoms with E-state index in [4.69, 9.17) is 0 Å². The van der Waals surface area contributed by atoms with Gasteiger partial charge in [-0.15, -0.1) is 0 Å². The summed E-state index contributed by atoms with van der Waals surface area (Å²) in [5, 5.41) is 20.2. The van der Waals surface area contributed by atoms with Crippen molar-refractivity contribution < 1.29 is 9.90 Å². The van der Waals surface area contributed by atoms with Crippen LogP contribution in [0.2, 0.25) is 0 Å². The first kappa shape index (κ1) is 20.9. The first-order chi connectivity index (χ1) is 14.9. The Bertz CT molecular complexity index is 1080. The van der Waals surface area contributed by atoms with Crippen LogP contribution >= 0.6 is 0 Å². The molecule has 0 saturated carbocycles. The van der Waals surface area contributed by atoms with Crippen LogP contribution in [0, 0.1) is 0 Å². The first-order valence-electron chi connectivity index (χ1n) is 10.3. The third-order valence-electron chi connectivity index (χ3n) is 4.83. The van der Waals surface area contributed by atoms with E-state index in [1.165, 1.54) is 0 Å². The number of carbonyl (C=O) groups is 1. The molecule has 0 bridgehead atoms. The molecule has 1 atom stereocenters. The Balaban J connectivity index is 1.59. The lowest BCUT2D eigenvalue weighted by Gasteiger charge is -2.27. The molecule has 0 unspecified atom stereocenters. The number of hydrogen-bond donors (Lipinski definition) is 4. The van der Waals surface area contributed by atoms with E-state index in [0.717, 1.165) is 17.6 Å². The summed E-state index contributed by atoms with van der Waals surface area (Å²) in [5.41, 5.74) is 1.97. The molecule has 0 aliphatic carbocycles. The maximum absolute atomic E-state index is 12.0. The van der Waals surface area contributed by atoms with Crippen LogP contribution in [0.5, 0.6) is 0 Å². The van der Waals surface area contributed by atoms with Gasteiger partial charge in [0.2, 0.25) is 11.9 Å². The van der Waals surface area contributed by atoms with Gasteiger partial charge in [0, 0.05) is 30.7 Å². The van der Waals surface area contributed by atoms with Gasteiger partial charge in [0.1, 0.15) is 11.3 Å². The van der Waals surface area contributed by atoms with Crippen LogP contribution in [0.15, 0.2) is 30.6 Å². The Morgan fingerprint density at radius 1 is 1.16 bits per heavy atom. The van der Waals surface area contributed by atoms with Crippen molar-refractivity contribution in [1.29, 1.82) is 0 Å². The fourth-order valence-corrected chi connectivity index (χ4v) is 3.32. The van der Waals surface area contributed by atoms with Gasteiger partial charge in [0.25, 0.3) is 0 Å². The number of pyridine rings is 2. The number of carbonyl (C=O) groups excluding carboxylic acids is 1. The van der Waals surface area contributed by atoms with Gasteiger partial charge in [-0.1, -0.05) is 0 Å². The Morgan fingerprint density at radius 3 is 2.68 bits per heavy atom. The number of aliphatic hydroxyl groups excluding tert-OH is 1. The Hall–Kier alpha value is -3.37. The van der Waals surface area contributed by atoms with E-state index < -0.39 is 6.10 Å². The van der Waals surface area contributed by atoms with Crippen molar-refractivity contribution in [2.75, 3.05) is 35.2 Å². The topological polar surface area (TPSA) is 128 Å². The fourth-order valence-electron chi connectivity index (χ4n) is 3.32. The third kappa shape index (κ3) is 4.70. The van der Waals surface area contributed by atoms with Crippen LogP contribution in [0.1, 0.15) is 32.6 Å². The summed E-state index contributed by atoms with van der Waals surface area (Å²) in [6.07, 6.45) is 2.66. The van der Waals surface area contributed by atoms with Crippen LogP contribution < -0.4 is 20.9 Å². The number of nitrogens with one attached hydrogen (secondary N) is 3.